The van der Waals surface area contributed by atoms with Crippen LogP contribution in [-0.4, -0.2) is 21.3 Å². The molecule has 0 atom stereocenters. The van der Waals surface area contributed by atoms with E-state index in [9.17, 15) is 4.79 Å². The Morgan fingerprint density at radius 3 is 2.48 bits per heavy atom. The molecule has 4 rings (SSSR count). The molecule has 0 saturated heterocycles. The highest BCUT2D eigenvalue weighted by molar-refractivity contribution is 6.04. The second kappa shape index (κ2) is 6.68. The number of ether oxygens (including phenoxy) is 1. The molecule has 0 unspecified atom stereocenters. The third-order valence-electron chi connectivity index (χ3n) is 4.44. The molecule has 3 heterocycles. The Hall–Kier alpha value is -3.48. The molecule has 1 aromatic carbocycles. The lowest BCUT2D eigenvalue weighted by Gasteiger charge is -2.08. The highest BCUT2D eigenvalue weighted by Gasteiger charge is 2.21. The van der Waals surface area contributed by atoms with Crippen LogP contribution in [0.2, 0.25) is 0 Å². The smallest absolute Gasteiger partial charge is 0.339 e. The molecule has 7 nitrogen and oxygen atoms in total. The summed E-state index contributed by atoms with van der Waals surface area (Å²) in [7, 11) is 0. The van der Waals surface area contributed by atoms with Gasteiger partial charge in [0.05, 0.1) is 33.6 Å². The van der Waals surface area contributed by atoms with E-state index in [2.05, 4.69) is 15.3 Å². The molecule has 0 radical (unpaired) electrons. The van der Waals surface area contributed by atoms with Crippen molar-refractivity contribution in [3.05, 3.63) is 64.7 Å². The van der Waals surface area contributed by atoms with E-state index in [-0.39, 0.29) is 6.61 Å². The number of aromatic nitrogens is 3. The third kappa shape index (κ3) is 3.08. The third-order valence-corrected chi connectivity index (χ3v) is 4.44. The number of esters is 1. The van der Waals surface area contributed by atoms with Gasteiger partial charge >= 0.3 is 5.97 Å². The molecule has 0 fully saturated rings. The maximum Gasteiger partial charge on any atom is 0.339 e. The quantitative estimate of drug-likeness (QED) is 0.503. The molecule has 0 aliphatic carbocycles. The molecular formula is C20H17N3O4. The van der Waals surface area contributed by atoms with Crippen LogP contribution in [0.1, 0.15) is 33.1 Å². The first-order valence-electron chi connectivity index (χ1n) is 8.46. The summed E-state index contributed by atoms with van der Waals surface area (Å²) in [6, 6.07) is 11.3. The molecule has 27 heavy (non-hydrogen) atoms. The van der Waals surface area contributed by atoms with Crippen LogP contribution in [0.15, 0.2) is 45.4 Å². The van der Waals surface area contributed by atoms with Gasteiger partial charge in [-0.3, -0.25) is 0 Å². The van der Waals surface area contributed by atoms with Crippen LogP contribution >= 0.6 is 0 Å². The minimum absolute atomic E-state index is 0.0782. The van der Waals surface area contributed by atoms with Crippen LogP contribution in [0.3, 0.4) is 0 Å². The Balaban J connectivity index is 1.73. The van der Waals surface area contributed by atoms with E-state index in [4.69, 9.17) is 13.8 Å². The Bertz CT molecular complexity index is 1110. The van der Waals surface area contributed by atoms with E-state index in [0.717, 1.165) is 11.1 Å². The average Bonchev–Trinajstić information content (AvgIpc) is 3.22. The summed E-state index contributed by atoms with van der Waals surface area (Å²) in [4.78, 5) is 17.3. The standard InChI is InChI=1S/C20H17N3O4/c1-11-16(13(3)26-22-11)10-25-20(24)15-9-17(14-7-5-4-6-8-14)21-19-18(15)12(2)23-27-19/h4-9H,10H2,1-3H3. The van der Waals surface area contributed by atoms with Crippen LogP contribution < -0.4 is 0 Å². The summed E-state index contributed by atoms with van der Waals surface area (Å²) in [5.41, 5.74) is 4.20. The zero-order valence-corrected chi connectivity index (χ0v) is 15.1. The van der Waals surface area contributed by atoms with Crippen LogP contribution in [0.25, 0.3) is 22.4 Å². The van der Waals surface area contributed by atoms with E-state index in [1.54, 1.807) is 19.9 Å². The van der Waals surface area contributed by atoms with E-state index < -0.39 is 5.97 Å². The SMILES string of the molecule is Cc1noc(C)c1COC(=O)c1cc(-c2ccccc2)nc2onc(C)c12. The van der Waals surface area contributed by atoms with Crippen molar-refractivity contribution in [2.24, 2.45) is 0 Å². The van der Waals surface area contributed by atoms with E-state index in [0.29, 0.717) is 39.5 Å². The van der Waals surface area contributed by atoms with E-state index in [1.165, 1.54) is 0 Å². The number of nitrogens with zero attached hydrogens (tertiary/aromatic N) is 3. The lowest BCUT2D eigenvalue weighted by molar-refractivity contribution is 0.0473. The van der Waals surface area contributed by atoms with Crippen molar-refractivity contribution in [3.8, 4) is 11.3 Å². The van der Waals surface area contributed by atoms with Crippen LogP contribution in [0.5, 0.6) is 0 Å². The van der Waals surface area contributed by atoms with Gasteiger partial charge in [-0.25, -0.2) is 9.78 Å². The fourth-order valence-corrected chi connectivity index (χ4v) is 2.94. The van der Waals surface area contributed by atoms with Crippen molar-refractivity contribution in [3.63, 3.8) is 0 Å². The Kier molecular flexibility index (Phi) is 4.19. The maximum absolute atomic E-state index is 12.8. The second-order valence-corrected chi connectivity index (χ2v) is 6.25. The first-order valence-corrected chi connectivity index (χ1v) is 8.46. The van der Waals surface area contributed by atoms with Crippen molar-refractivity contribution in [1.82, 2.24) is 15.3 Å². The molecule has 0 bridgehead atoms. The van der Waals surface area contributed by atoms with Gasteiger partial charge in [0.1, 0.15) is 12.4 Å². The Morgan fingerprint density at radius 1 is 1.04 bits per heavy atom. The number of carbonyl (C=O) groups excluding carboxylic acids is 1. The van der Waals surface area contributed by atoms with Crippen molar-refractivity contribution < 1.29 is 18.6 Å². The Morgan fingerprint density at radius 2 is 1.78 bits per heavy atom. The number of fused-ring (bicyclic) bond motifs is 1. The van der Waals surface area contributed by atoms with Gasteiger partial charge in [0, 0.05) is 5.56 Å². The van der Waals surface area contributed by atoms with Crippen LogP contribution in [0, 0.1) is 20.8 Å². The normalized spacial score (nSPS) is 11.1. The molecular weight excluding hydrogens is 346 g/mol. The summed E-state index contributed by atoms with van der Waals surface area (Å²) in [6.07, 6.45) is 0. The summed E-state index contributed by atoms with van der Waals surface area (Å²) in [6.45, 7) is 5.43. The molecule has 3 aromatic heterocycles. The van der Waals surface area contributed by atoms with Crippen LogP contribution in [0.4, 0.5) is 0 Å². The number of hydrogen-bond acceptors (Lipinski definition) is 7. The highest BCUT2D eigenvalue weighted by atomic mass is 16.5. The summed E-state index contributed by atoms with van der Waals surface area (Å²) >= 11 is 0. The molecule has 7 heteroatoms. The predicted octanol–water partition coefficient (Wildman–Crippen LogP) is 4.16. The van der Waals surface area contributed by atoms with Crippen LogP contribution in [-0.2, 0) is 11.3 Å². The molecule has 0 spiro atoms. The summed E-state index contributed by atoms with van der Waals surface area (Å²) in [5.74, 6) is 0.150. The number of hydrogen-bond donors (Lipinski definition) is 0. The molecule has 0 saturated carbocycles. The monoisotopic (exact) mass is 363 g/mol. The number of carbonyl (C=O) groups is 1. The maximum atomic E-state index is 12.8. The largest absolute Gasteiger partial charge is 0.457 e. The van der Waals surface area contributed by atoms with Crippen molar-refractivity contribution >= 4 is 17.1 Å². The molecule has 0 amide bonds. The van der Waals surface area contributed by atoms with Gasteiger partial charge in [-0.2, -0.15) is 0 Å². The van der Waals surface area contributed by atoms with E-state index >= 15 is 0 Å². The first kappa shape index (κ1) is 17.0. The fourth-order valence-electron chi connectivity index (χ4n) is 2.94. The second-order valence-electron chi connectivity index (χ2n) is 6.25. The Labute approximate surface area is 154 Å². The average molecular weight is 363 g/mol. The van der Waals surface area contributed by atoms with Crippen molar-refractivity contribution in [2.45, 2.75) is 27.4 Å². The number of aryl methyl sites for hydroxylation is 3. The molecule has 0 N–H and O–H groups in total. The van der Waals surface area contributed by atoms with Gasteiger partial charge in [0.15, 0.2) is 0 Å². The van der Waals surface area contributed by atoms with E-state index in [1.807, 2.05) is 37.3 Å². The number of rotatable bonds is 4. The van der Waals surface area contributed by atoms with Crippen molar-refractivity contribution in [1.29, 1.82) is 0 Å². The molecule has 136 valence electrons. The lowest BCUT2D eigenvalue weighted by atomic mass is 10.1. The minimum atomic E-state index is -0.481. The predicted molar refractivity (Wildman–Crippen MR) is 97.1 cm³/mol. The molecule has 4 aromatic rings. The minimum Gasteiger partial charge on any atom is -0.457 e. The first-order chi connectivity index (χ1) is 13.0. The van der Waals surface area contributed by atoms with Gasteiger partial charge in [-0.1, -0.05) is 40.6 Å². The van der Waals surface area contributed by atoms with Gasteiger partial charge in [0.25, 0.3) is 5.71 Å². The molecule has 0 aliphatic heterocycles. The topological polar surface area (TPSA) is 91.2 Å². The van der Waals surface area contributed by atoms with Gasteiger partial charge in [-0.05, 0) is 26.8 Å². The highest BCUT2D eigenvalue weighted by Crippen LogP contribution is 2.28. The number of benzene rings is 1. The number of pyridine rings is 1. The zero-order valence-electron chi connectivity index (χ0n) is 15.1. The molecule has 0 aliphatic rings. The summed E-state index contributed by atoms with van der Waals surface area (Å²) in [5, 5.41) is 8.37. The fraction of sp³-hybridized carbons (Fsp3) is 0.200. The summed E-state index contributed by atoms with van der Waals surface area (Å²) < 4.78 is 15.9. The lowest BCUT2D eigenvalue weighted by Crippen LogP contribution is -2.08. The van der Waals surface area contributed by atoms with Crippen molar-refractivity contribution in [2.75, 3.05) is 0 Å². The van der Waals surface area contributed by atoms with Gasteiger partial charge in [-0.15, -0.1) is 0 Å². The zero-order chi connectivity index (χ0) is 19.0. The van der Waals surface area contributed by atoms with Gasteiger partial charge < -0.3 is 13.8 Å². The van der Waals surface area contributed by atoms with Gasteiger partial charge in [0.2, 0.25) is 0 Å².